The second-order valence-electron chi connectivity index (χ2n) is 7.35. The first-order chi connectivity index (χ1) is 13.6. The molecule has 0 amide bonds. The van der Waals surface area contributed by atoms with Crippen molar-refractivity contribution in [3.63, 3.8) is 0 Å². The minimum atomic E-state index is -0.0499. The highest BCUT2D eigenvalue weighted by molar-refractivity contribution is 5.80. The summed E-state index contributed by atoms with van der Waals surface area (Å²) in [6.45, 7) is 5.15. The van der Waals surface area contributed by atoms with Crippen LogP contribution >= 0.6 is 0 Å². The molecular formula is C21H31N5O2. The number of guanidine groups is 1. The van der Waals surface area contributed by atoms with Gasteiger partial charge in [-0.2, -0.15) is 0 Å². The summed E-state index contributed by atoms with van der Waals surface area (Å²) in [5.41, 5.74) is 3.25. The van der Waals surface area contributed by atoms with E-state index in [1.54, 1.807) is 7.05 Å². The third kappa shape index (κ3) is 5.03. The van der Waals surface area contributed by atoms with Crippen molar-refractivity contribution in [2.75, 3.05) is 20.2 Å². The molecule has 2 aromatic rings. The summed E-state index contributed by atoms with van der Waals surface area (Å²) >= 11 is 0. The second-order valence-corrected chi connectivity index (χ2v) is 7.35. The minimum absolute atomic E-state index is 0.0477. The van der Waals surface area contributed by atoms with Gasteiger partial charge in [0.1, 0.15) is 5.65 Å². The molecule has 2 N–H and O–H groups in total. The van der Waals surface area contributed by atoms with E-state index in [4.69, 9.17) is 9.72 Å². The molecule has 1 saturated carbocycles. The van der Waals surface area contributed by atoms with Crippen molar-refractivity contribution in [2.24, 2.45) is 10.9 Å². The van der Waals surface area contributed by atoms with E-state index in [0.29, 0.717) is 12.6 Å². The minimum Gasteiger partial charge on any atom is -0.466 e. The molecule has 1 fully saturated rings. The monoisotopic (exact) mass is 385 g/mol. The number of pyridine rings is 1. The number of aliphatic imine (C=N–C) groups is 1. The fourth-order valence-corrected chi connectivity index (χ4v) is 3.76. The van der Waals surface area contributed by atoms with E-state index in [1.165, 1.54) is 5.56 Å². The van der Waals surface area contributed by atoms with Crippen molar-refractivity contribution in [3.8, 4) is 0 Å². The molecule has 0 saturated heterocycles. The van der Waals surface area contributed by atoms with E-state index in [-0.39, 0.29) is 11.9 Å². The third-order valence-electron chi connectivity index (χ3n) is 5.31. The second kappa shape index (κ2) is 9.57. The molecule has 1 aliphatic rings. The first-order valence-electron chi connectivity index (χ1n) is 10.2. The maximum atomic E-state index is 11.9. The van der Waals surface area contributed by atoms with Crippen molar-refractivity contribution in [3.05, 3.63) is 35.8 Å². The van der Waals surface area contributed by atoms with Gasteiger partial charge in [-0.05, 0) is 51.2 Å². The van der Waals surface area contributed by atoms with E-state index < -0.39 is 0 Å². The van der Waals surface area contributed by atoms with E-state index in [2.05, 4.69) is 39.2 Å². The summed E-state index contributed by atoms with van der Waals surface area (Å²) in [7, 11) is 1.79. The molecule has 2 aromatic heterocycles. The Kier molecular flexibility index (Phi) is 6.90. The maximum Gasteiger partial charge on any atom is 0.308 e. The van der Waals surface area contributed by atoms with Gasteiger partial charge in [-0.15, -0.1) is 0 Å². The van der Waals surface area contributed by atoms with Gasteiger partial charge < -0.3 is 19.8 Å². The van der Waals surface area contributed by atoms with Crippen LogP contribution in [0.15, 0.2) is 29.5 Å². The van der Waals surface area contributed by atoms with Crippen LogP contribution in [-0.2, 0) is 16.0 Å². The summed E-state index contributed by atoms with van der Waals surface area (Å²) in [5, 5.41) is 6.86. The number of hydrogen-bond donors (Lipinski definition) is 2. The molecule has 28 heavy (non-hydrogen) atoms. The smallest absolute Gasteiger partial charge is 0.308 e. The van der Waals surface area contributed by atoms with Crippen LogP contribution in [0, 0.1) is 12.8 Å². The van der Waals surface area contributed by atoms with Crippen LogP contribution in [0.25, 0.3) is 5.65 Å². The van der Waals surface area contributed by atoms with Gasteiger partial charge in [0, 0.05) is 38.4 Å². The summed E-state index contributed by atoms with van der Waals surface area (Å²) in [4.78, 5) is 20.9. The van der Waals surface area contributed by atoms with Gasteiger partial charge in [0.2, 0.25) is 0 Å². The SMILES string of the molecule is CCOC(=O)C1CCC(NC(=NC)NCCc2cn3cccc(C)c3n2)CC1. The lowest BCUT2D eigenvalue weighted by Crippen LogP contribution is -2.45. The zero-order chi connectivity index (χ0) is 19.9. The van der Waals surface area contributed by atoms with Crippen molar-refractivity contribution in [1.82, 2.24) is 20.0 Å². The van der Waals surface area contributed by atoms with Gasteiger partial charge >= 0.3 is 5.97 Å². The molecule has 0 bridgehead atoms. The lowest BCUT2D eigenvalue weighted by atomic mass is 9.86. The van der Waals surface area contributed by atoms with Crippen molar-refractivity contribution < 1.29 is 9.53 Å². The number of aromatic nitrogens is 2. The van der Waals surface area contributed by atoms with Crippen LogP contribution in [-0.4, -0.2) is 47.6 Å². The molecular weight excluding hydrogens is 354 g/mol. The average Bonchev–Trinajstić information content (AvgIpc) is 3.12. The van der Waals surface area contributed by atoms with Gasteiger partial charge in [0.15, 0.2) is 5.96 Å². The van der Waals surface area contributed by atoms with Crippen LogP contribution in [0.2, 0.25) is 0 Å². The number of carbonyl (C=O) groups excluding carboxylic acids is 1. The zero-order valence-corrected chi connectivity index (χ0v) is 17.1. The first-order valence-corrected chi connectivity index (χ1v) is 10.2. The number of imidazole rings is 1. The molecule has 2 heterocycles. The summed E-state index contributed by atoms with van der Waals surface area (Å²) in [6, 6.07) is 4.45. The summed E-state index contributed by atoms with van der Waals surface area (Å²) in [6.07, 6.45) is 8.58. The van der Waals surface area contributed by atoms with E-state index in [1.807, 2.05) is 19.2 Å². The predicted molar refractivity (Wildman–Crippen MR) is 111 cm³/mol. The molecule has 0 aromatic carbocycles. The Hall–Kier alpha value is -2.57. The zero-order valence-electron chi connectivity index (χ0n) is 17.1. The number of ether oxygens (including phenoxy) is 1. The highest BCUT2D eigenvalue weighted by atomic mass is 16.5. The molecule has 7 nitrogen and oxygen atoms in total. The van der Waals surface area contributed by atoms with E-state index >= 15 is 0 Å². The topological polar surface area (TPSA) is 80.0 Å². The molecule has 0 radical (unpaired) electrons. The summed E-state index contributed by atoms with van der Waals surface area (Å²) in [5.74, 6) is 0.803. The molecule has 3 rings (SSSR count). The first kappa shape index (κ1) is 20.2. The lowest BCUT2D eigenvalue weighted by Gasteiger charge is -2.29. The fraction of sp³-hybridized carbons (Fsp3) is 0.571. The van der Waals surface area contributed by atoms with Gasteiger partial charge in [-0.3, -0.25) is 9.79 Å². The van der Waals surface area contributed by atoms with E-state index in [9.17, 15) is 4.79 Å². The Balaban J connectivity index is 1.43. The van der Waals surface area contributed by atoms with Crippen LogP contribution < -0.4 is 10.6 Å². The Morgan fingerprint density at radius 3 is 2.82 bits per heavy atom. The number of hydrogen-bond acceptors (Lipinski definition) is 4. The Morgan fingerprint density at radius 2 is 2.14 bits per heavy atom. The van der Waals surface area contributed by atoms with Crippen LogP contribution in [0.1, 0.15) is 43.9 Å². The average molecular weight is 386 g/mol. The van der Waals surface area contributed by atoms with Crippen molar-refractivity contribution in [2.45, 2.75) is 52.0 Å². The van der Waals surface area contributed by atoms with Crippen LogP contribution in [0.4, 0.5) is 0 Å². The van der Waals surface area contributed by atoms with Gasteiger partial charge in [-0.1, -0.05) is 6.07 Å². The molecule has 7 heteroatoms. The predicted octanol–water partition coefficient (Wildman–Crippen LogP) is 2.47. The van der Waals surface area contributed by atoms with Crippen LogP contribution in [0.5, 0.6) is 0 Å². The van der Waals surface area contributed by atoms with Gasteiger partial charge in [0.25, 0.3) is 0 Å². The number of rotatable bonds is 6. The number of nitrogens with zero attached hydrogens (tertiary/aromatic N) is 3. The molecule has 0 atom stereocenters. The maximum absolute atomic E-state index is 11.9. The number of fused-ring (bicyclic) bond motifs is 1. The highest BCUT2D eigenvalue weighted by Gasteiger charge is 2.27. The Bertz CT molecular complexity index is 821. The normalized spacial score (nSPS) is 20.2. The lowest BCUT2D eigenvalue weighted by molar-refractivity contribution is -0.149. The molecule has 0 aliphatic heterocycles. The number of aryl methyl sites for hydroxylation is 1. The van der Waals surface area contributed by atoms with Gasteiger partial charge in [0.05, 0.1) is 18.2 Å². The van der Waals surface area contributed by atoms with Gasteiger partial charge in [-0.25, -0.2) is 4.98 Å². The third-order valence-corrected chi connectivity index (χ3v) is 5.31. The molecule has 0 spiro atoms. The Morgan fingerprint density at radius 1 is 1.36 bits per heavy atom. The standard InChI is InChI=1S/C21H31N5O2/c1-4-28-20(27)16-7-9-17(10-8-16)25-21(22-3)23-12-11-18-14-26-13-5-6-15(2)19(26)24-18/h5-6,13-14,16-17H,4,7-12H2,1-3H3,(H2,22,23,25). The number of carbonyl (C=O) groups is 1. The molecule has 0 unspecified atom stereocenters. The highest BCUT2D eigenvalue weighted by Crippen LogP contribution is 2.25. The molecule has 1 aliphatic carbocycles. The summed E-state index contributed by atoms with van der Waals surface area (Å²) < 4.78 is 7.21. The van der Waals surface area contributed by atoms with Crippen molar-refractivity contribution in [1.29, 1.82) is 0 Å². The van der Waals surface area contributed by atoms with E-state index in [0.717, 1.165) is 55.9 Å². The fourth-order valence-electron chi connectivity index (χ4n) is 3.76. The largest absolute Gasteiger partial charge is 0.466 e. The quantitative estimate of drug-likeness (QED) is 0.454. The van der Waals surface area contributed by atoms with Crippen molar-refractivity contribution >= 4 is 17.6 Å². The van der Waals surface area contributed by atoms with Crippen LogP contribution in [0.3, 0.4) is 0 Å². The Labute approximate surface area is 166 Å². The number of esters is 1. The number of nitrogens with one attached hydrogen (secondary N) is 2. The molecule has 152 valence electrons.